The molecule has 1 saturated heterocycles. The number of thiophene rings is 1. The number of carbonyl (C=O) groups excluding carboxylic acids is 1. The predicted molar refractivity (Wildman–Crippen MR) is 123 cm³/mol. The van der Waals surface area contributed by atoms with E-state index < -0.39 is 16.1 Å². The van der Waals surface area contributed by atoms with E-state index in [9.17, 15) is 13.2 Å². The number of hydrogen-bond donors (Lipinski definition) is 2. The number of benzene rings is 2. The number of sulfonamides is 1. The van der Waals surface area contributed by atoms with Gasteiger partial charge in [-0.1, -0.05) is 35.9 Å². The van der Waals surface area contributed by atoms with E-state index in [4.69, 9.17) is 22.7 Å². The van der Waals surface area contributed by atoms with Crippen LogP contribution in [0.3, 0.4) is 0 Å². The first kappa shape index (κ1) is 21.8. The third-order valence-electron chi connectivity index (χ3n) is 5.41. The average Bonchev–Trinajstić information content (AvgIpc) is 3.31. The number of amides is 1. The van der Waals surface area contributed by atoms with Crippen LogP contribution in [0.1, 0.15) is 17.5 Å². The van der Waals surface area contributed by atoms with Crippen LogP contribution in [0.2, 0.25) is 5.02 Å². The molecule has 162 valence electrons. The zero-order valence-corrected chi connectivity index (χ0v) is 19.1. The standard InChI is InChI=1S/C21H21ClN4O3S2/c1-25(31(28,29)19-10-14-5-6-16(22)11-18(14)30-19)17-7-8-26(21(17)27)12-13-3-2-4-15(9-13)20(23)24/h2-6,9-11,17H,7-8,12H2,1H3,(H3,23,24). The Hall–Kier alpha value is -2.46. The van der Waals surface area contributed by atoms with E-state index in [1.807, 2.05) is 6.07 Å². The van der Waals surface area contributed by atoms with Gasteiger partial charge in [-0.3, -0.25) is 10.2 Å². The van der Waals surface area contributed by atoms with Gasteiger partial charge in [-0.2, -0.15) is 4.31 Å². The van der Waals surface area contributed by atoms with Crippen LogP contribution in [-0.2, 0) is 21.4 Å². The monoisotopic (exact) mass is 476 g/mol. The Bertz CT molecular complexity index is 1290. The zero-order valence-electron chi connectivity index (χ0n) is 16.7. The van der Waals surface area contributed by atoms with E-state index in [0.717, 1.165) is 27.0 Å². The van der Waals surface area contributed by atoms with Crippen LogP contribution in [0, 0.1) is 5.41 Å². The number of rotatable bonds is 6. The van der Waals surface area contributed by atoms with Gasteiger partial charge in [0.2, 0.25) is 5.91 Å². The lowest BCUT2D eigenvalue weighted by Gasteiger charge is -2.23. The molecule has 0 saturated carbocycles. The molecule has 0 spiro atoms. The SMILES string of the molecule is CN(C1CCN(Cc2cccc(C(=N)N)c2)C1=O)S(=O)(=O)c1cc2ccc(Cl)cc2s1. The Morgan fingerprint density at radius 2 is 2.06 bits per heavy atom. The summed E-state index contributed by atoms with van der Waals surface area (Å²) in [5, 5.41) is 8.91. The van der Waals surface area contributed by atoms with E-state index in [1.54, 1.807) is 47.4 Å². The Kier molecular flexibility index (Phi) is 5.78. The van der Waals surface area contributed by atoms with Gasteiger partial charge in [-0.05, 0) is 41.6 Å². The summed E-state index contributed by atoms with van der Waals surface area (Å²) in [6.45, 7) is 0.793. The Balaban J connectivity index is 1.53. The molecule has 1 unspecified atom stereocenters. The average molecular weight is 477 g/mol. The van der Waals surface area contributed by atoms with Crippen molar-refractivity contribution in [2.75, 3.05) is 13.6 Å². The van der Waals surface area contributed by atoms with Crippen LogP contribution >= 0.6 is 22.9 Å². The molecule has 1 fully saturated rings. The maximum Gasteiger partial charge on any atom is 0.253 e. The molecule has 0 radical (unpaired) electrons. The summed E-state index contributed by atoms with van der Waals surface area (Å²) in [6, 6.07) is 13.2. The number of likely N-dealkylation sites (tertiary alicyclic amines) is 1. The first-order chi connectivity index (χ1) is 14.7. The van der Waals surface area contributed by atoms with E-state index in [1.165, 1.54) is 11.4 Å². The molecule has 3 aromatic rings. The second kappa shape index (κ2) is 8.23. The Morgan fingerprint density at radius 1 is 1.29 bits per heavy atom. The molecule has 2 heterocycles. The fourth-order valence-corrected chi connectivity index (χ4v) is 6.90. The lowest BCUT2D eigenvalue weighted by atomic mass is 10.1. The van der Waals surface area contributed by atoms with Crippen molar-refractivity contribution in [2.45, 2.75) is 23.2 Å². The maximum atomic E-state index is 13.2. The van der Waals surface area contributed by atoms with Crippen molar-refractivity contribution in [1.29, 1.82) is 5.41 Å². The molecule has 1 aliphatic heterocycles. The first-order valence-corrected chi connectivity index (χ1v) is 12.2. The van der Waals surface area contributed by atoms with Crippen molar-refractivity contribution >= 4 is 54.8 Å². The molecule has 0 aliphatic carbocycles. The van der Waals surface area contributed by atoms with Gasteiger partial charge in [0.1, 0.15) is 16.1 Å². The first-order valence-electron chi connectivity index (χ1n) is 9.56. The number of fused-ring (bicyclic) bond motifs is 1. The molecule has 10 heteroatoms. The van der Waals surface area contributed by atoms with Gasteiger partial charge in [-0.25, -0.2) is 8.42 Å². The summed E-state index contributed by atoms with van der Waals surface area (Å²) in [5.74, 6) is -0.272. The summed E-state index contributed by atoms with van der Waals surface area (Å²) in [7, 11) is -2.37. The lowest BCUT2D eigenvalue weighted by Crippen LogP contribution is -2.42. The molecular formula is C21H21ClN4O3S2. The second-order valence-electron chi connectivity index (χ2n) is 7.45. The molecule has 1 amide bonds. The van der Waals surface area contributed by atoms with Crippen LogP contribution in [0.5, 0.6) is 0 Å². The third-order valence-corrected chi connectivity index (χ3v) is 9.06. The molecule has 1 atom stereocenters. The van der Waals surface area contributed by atoms with Crippen molar-refractivity contribution in [3.05, 3.63) is 64.7 Å². The van der Waals surface area contributed by atoms with Gasteiger partial charge in [0.05, 0.1) is 0 Å². The van der Waals surface area contributed by atoms with Gasteiger partial charge < -0.3 is 10.6 Å². The van der Waals surface area contributed by atoms with Crippen LogP contribution in [0.25, 0.3) is 10.1 Å². The second-order valence-corrected chi connectivity index (χ2v) is 11.2. The van der Waals surface area contributed by atoms with E-state index in [-0.39, 0.29) is 16.0 Å². The van der Waals surface area contributed by atoms with Gasteiger partial charge in [0.25, 0.3) is 10.0 Å². The third kappa shape index (κ3) is 4.18. The Morgan fingerprint density at radius 3 is 2.81 bits per heavy atom. The normalized spacial score (nSPS) is 17.1. The largest absolute Gasteiger partial charge is 0.384 e. The molecule has 3 N–H and O–H groups in total. The Labute approximate surface area is 189 Å². The van der Waals surface area contributed by atoms with Gasteiger partial charge in [-0.15, -0.1) is 11.3 Å². The molecule has 7 nitrogen and oxygen atoms in total. The number of hydrogen-bond acceptors (Lipinski definition) is 5. The van der Waals surface area contributed by atoms with Crippen molar-refractivity contribution < 1.29 is 13.2 Å². The lowest BCUT2D eigenvalue weighted by molar-refractivity contribution is -0.131. The minimum Gasteiger partial charge on any atom is -0.384 e. The molecule has 4 rings (SSSR count). The molecule has 1 aromatic heterocycles. The molecule has 2 aromatic carbocycles. The minimum absolute atomic E-state index is 0.0390. The van der Waals surface area contributed by atoms with Crippen LogP contribution in [0.4, 0.5) is 0 Å². The number of nitrogen functional groups attached to an aromatic ring is 1. The van der Waals surface area contributed by atoms with Crippen molar-refractivity contribution in [2.24, 2.45) is 5.73 Å². The van der Waals surface area contributed by atoms with Gasteiger partial charge in [0.15, 0.2) is 0 Å². The highest BCUT2D eigenvalue weighted by Crippen LogP contribution is 2.34. The fourth-order valence-electron chi connectivity index (χ4n) is 3.69. The zero-order chi connectivity index (χ0) is 22.3. The van der Waals surface area contributed by atoms with Crippen LogP contribution in [0.15, 0.2) is 52.7 Å². The van der Waals surface area contributed by atoms with E-state index in [0.29, 0.717) is 30.1 Å². The fraction of sp³-hybridized carbons (Fsp3) is 0.238. The topological polar surface area (TPSA) is 108 Å². The molecule has 31 heavy (non-hydrogen) atoms. The van der Waals surface area contributed by atoms with Crippen molar-refractivity contribution in [3.8, 4) is 0 Å². The van der Waals surface area contributed by atoms with Gasteiger partial charge >= 0.3 is 0 Å². The number of likely N-dealkylation sites (N-methyl/N-ethyl adjacent to an activating group) is 1. The van der Waals surface area contributed by atoms with Crippen molar-refractivity contribution in [1.82, 2.24) is 9.21 Å². The van der Waals surface area contributed by atoms with E-state index >= 15 is 0 Å². The number of nitrogens with one attached hydrogen (secondary N) is 1. The number of nitrogens with two attached hydrogens (primary N) is 1. The predicted octanol–water partition coefficient (Wildman–Crippen LogP) is 3.26. The number of carbonyl (C=O) groups is 1. The molecule has 0 bridgehead atoms. The number of amidine groups is 1. The van der Waals surface area contributed by atoms with Gasteiger partial charge in [0, 0.05) is 35.4 Å². The smallest absolute Gasteiger partial charge is 0.253 e. The maximum absolute atomic E-state index is 13.2. The number of nitrogens with zero attached hydrogens (tertiary/aromatic N) is 2. The number of halogens is 1. The molecule has 1 aliphatic rings. The van der Waals surface area contributed by atoms with Crippen LogP contribution in [-0.4, -0.2) is 49.0 Å². The quantitative estimate of drug-likeness (QED) is 0.420. The van der Waals surface area contributed by atoms with E-state index in [2.05, 4.69) is 0 Å². The highest BCUT2D eigenvalue weighted by molar-refractivity contribution is 7.91. The summed E-state index contributed by atoms with van der Waals surface area (Å²) in [5.41, 5.74) is 6.97. The van der Waals surface area contributed by atoms with Crippen LogP contribution < -0.4 is 5.73 Å². The summed E-state index contributed by atoms with van der Waals surface area (Å²) in [4.78, 5) is 14.6. The van der Waals surface area contributed by atoms with Crippen molar-refractivity contribution in [3.63, 3.8) is 0 Å². The minimum atomic E-state index is -3.83. The highest BCUT2D eigenvalue weighted by atomic mass is 35.5. The summed E-state index contributed by atoms with van der Waals surface area (Å²) in [6.07, 6.45) is 0.414. The molecular weight excluding hydrogens is 456 g/mol. The highest BCUT2D eigenvalue weighted by Gasteiger charge is 2.40. The summed E-state index contributed by atoms with van der Waals surface area (Å²) >= 11 is 7.16. The summed E-state index contributed by atoms with van der Waals surface area (Å²) < 4.78 is 28.5.